The van der Waals surface area contributed by atoms with Gasteiger partial charge in [0.15, 0.2) is 12.4 Å². The van der Waals surface area contributed by atoms with Crippen LogP contribution >= 0.6 is 0 Å². The van der Waals surface area contributed by atoms with Crippen LogP contribution in [0.25, 0.3) is 0 Å². The average molecular weight is 386 g/mol. The molecule has 0 atom stereocenters. The number of hydrogen-bond acceptors (Lipinski definition) is 6. The lowest BCUT2D eigenvalue weighted by atomic mass is 10.1. The summed E-state index contributed by atoms with van der Waals surface area (Å²) in [4.78, 5) is 18.2. The number of nitrogens with one attached hydrogen (secondary N) is 1. The standard InChI is InChI=1S/C17H21F3N4O3/c1-16(2,15-21-14(27-23-15)9-24(3)4)22-13(25)10-26-12-7-5-11(6-8-12)17(18,19)20/h5-8H,9-10H2,1-4H3,(H,22,25). The Balaban J connectivity index is 1.91. The number of amides is 1. The van der Waals surface area contributed by atoms with Gasteiger partial charge in [0.25, 0.3) is 5.91 Å². The van der Waals surface area contributed by atoms with E-state index in [-0.39, 0.29) is 12.4 Å². The molecule has 1 heterocycles. The molecule has 0 aliphatic heterocycles. The molecule has 1 amide bonds. The molecule has 2 rings (SSSR count). The Morgan fingerprint density at radius 1 is 1.22 bits per heavy atom. The third-order valence-electron chi connectivity index (χ3n) is 3.48. The molecule has 0 saturated carbocycles. The smallest absolute Gasteiger partial charge is 0.416 e. The van der Waals surface area contributed by atoms with Gasteiger partial charge in [0.2, 0.25) is 5.89 Å². The van der Waals surface area contributed by atoms with E-state index in [9.17, 15) is 18.0 Å². The van der Waals surface area contributed by atoms with Crippen LogP contribution in [0.3, 0.4) is 0 Å². The summed E-state index contributed by atoms with van der Waals surface area (Å²) in [6, 6.07) is 4.10. The van der Waals surface area contributed by atoms with Crippen molar-refractivity contribution in [3.05, 3.63) is 41.5 Å². The van der Waals surface area contributed by atoms with Crippen molar-refractivity contribution in [2.45, 2.75) is 32.1 Å². The fraction of sp³-hybridized carbons (Fsp3) is 0.471. The molecule has 0 bridgehead atoms. The Morgan fingerprint density at radius 2 is 1.85 bits per heavy atom. The Bertz CT molecular complexity index is 770. The summed E-state index contributed by atoms with van der Waals surface area (Å²) in [5.41, 5.74) is -1.69. The summed E-state index contributed by atoms with van der Waals surface area (Å²) in [7, 11) is 3.71. The molecular formula is C17H21F3N4O3. The Kier molecular flexibility index (Phi) is 6.09. The van der Waals surface area contributed by atoms with Gasteiger partial charge >= 0.3 is 6.18 Å². The lowest BCUT2D eigenvalue weighted by Crippen LogP contribution is -2.44. The SMILES string of the molecule is CN(C)Cc1nc(C(C)(C)NC(=O)COc2ccc(C(F)(F)F)cc2)no1. The molecule has 0 saturated heterocycles. The Morgan fingerprint density at radius 3 is 2.41 bits per heavy atom. The predicted octanol–water partition coefficient (Wildman–Crippen LogP) is 2.58. The number of aromatic nitrogens is 2. The Labute approximate surface area is 154 Å². The fourth-order valence-electron chi connectivity index (χ4n) is 2.17. The van der Waals surface area contributed by atoms with Crippen molar-refractivity contribution in [1.29, 1.82) is 0 Å². The first-order valence-corrected chi connectivity index (χ1v) is 8.06. The monoisotopic (exact) mass is 386 g/mol. The summed E-state index contributed by atoms with van der Waals surface area (Å²) in [5, 5.41) is 6.57. The molecule has 0 radical (unpaired) electrons. The van der Waals surface area contributed by atoms with E-state index in [1.165, 1.54) is 0 Å². The highest BCUT2D eigenvalue weighted by atomic mass is 19.4. The molecule has 0 unspecified atom stereocenters. The normalized spacial score (nSPS) is 12.3. The van der Waals surface area contributed by atoms with Crippen LogP contribution in [0.5, 0.6) is 5.75 Å². The number of nitrogens with zero attached hydrogens (tertiary/aromatic N) is 3. The van der Waals surface area contributed by atoms with Gasteiger partial charge in [0.1, 0.15) is 5.75 Å². The van der Waals surface area contributed by atoms with Crippen molar-refractivity contribution in [1.82, 2.24) is 20.4 Å². The second kappa shape index (κ2) is 7.95. The molecule has 0 fully saturated rings. The zero-order valence-electron chi connectivity index (χ0n) is 15.4. The second-order valence-electron chi connectivity index (χ2n) is 6.73. The van der Waals surface area contributed by atoms with Gasteiger partial charge in [-0.3, -0.25) is 4.79 Å². The van der Waals surface area contributed by atoms with Gasteiger partial charge in [-0.1, -0.05) is 5.16 Å². The number of halogens is 3. The van der Waals surface area contributed by atoms with Crippen LogP contribution < -0.4 is 10.1 Å². The zero-order valence-corrected chi connectivity index (χ0v) is 15.4. The first-order valence-electron chi connectivity index (χ1n) is 8.06. The highest BCUT2D eigenvalue weighted by Gasteiger charge is 2.30. The fourth-order valence-corrected chi connectivity index (χ4v) is 2.17. The van der Waals surface area contributed by atoms with Gasteiger partial charge in [0.05, 0.1) is 17.6 Å². The van der Waals surface area contributed by atoms with Crippen LogP contribution in [0.4, 0.5) is 13.2 Å². The van der Waals surface area contributed by atoms with Crippen molar-refractivity contribution in [3.63, 3.8) is 0 Å². The molecule has 1 N–H and O–H groups in total. The van der Waals surface area contributed by atoms with E-state index >= 15 is 0 Å². The minimum absolute atomic E-state index is 0.156. The molecule has 27 heavy (non-hydrogen) atoms. The van der Waals surface area contributed by atoms with E-state index in [2.05, 4.69) is 15.5 Å². The van der Waals surface area contributed by atoms with Crippen molar-refractivity contribution in [2.75, 3.05) is 20.7 Å². The lowest BCUT2D eigenvalue weighted by Gasteiger charge is -2.22. The first kappa shape index (κ1) is 20.7. The minimum Gasteiger partial charge on any atom is -0.484 e. The van der Waals surface area contributed by atoms with E-state index in [0.717, 1.165) is 24.3 Å². The van der Waals surface area contributed by atoms with Crippen molar-refractivity contribution in [3.8, 4) is 5.75 Å². The van der Waals surface area contributed by atoms with E-state index in [0.29, 0.717) is 18.3 Å². The van der Waals surface area contributed by atoms with Gasteiger partial charge in [-0.25, -0.2) is 0 Å². The topological polar surface area (TPSA) is 80.5 Å². The molecule has 10 heteroatoms. The lowest BCUT2D eigenvalue weighted by molar-refractivity contribution is -0.137. The minimum atomic E-state index is -4.42. The largest absolute Gasteiger partial charge is 0.484 e. The number of ether oxygens (including phenoxy) is 1. The van der Waals surface area contributed by atoms with Gasteiger partial charge in [-0.15, -0.1) is 0 Å². The summed E-state index contributed by atoms with van der Waals surface area (Å²) >= 11 is 0. The number of alkyl halides is 3. The second-order valence-corrected chi connectivity index (χ2v) is 6.73. The molecule has 0 aliphatic rings. The van der Waals surface area contributed by atoms with Gasteiger partial charge in [-0.05, 0) is 52.2 Å². The number of carbonyl (C=O) groups excluding carboxylic acids is 1. The van der Waals surface area contributed by atoms with E-state index in [1.807, 2.05) is 19.0 Å². The van der Waals surface area contributed by atoms with Gasteiger partial charge in [0, 0.05) is 0 Å². The number of rotatable bonds is 7. The van der Waals surface area contributed by atoms with Crippen LogP contribution in [0.1, 0.15) is 31.1 Å². The molecule has 148 valence electrons. The summed E-state index contributed by atoms with van der Waals surface area (Å²) in [6.07, 6.45) is -4.42. The van der Waals surface area contributed by atoms with E-state index < -0.39 is 23.2 Å². The molecule has 1 aromatic carbocycles. The Hall–Kier alpha value is -2.62. The average Bonchev–Trinajstić information content (AvgIpc) is 3.01. The van der Waals surface area contributed by atoms with Gasteiger partial charge in [-0.2, -0.15) is 18.2 Å². The maximum absolute atomic E-state index is 12.5. The predicted molar refractivity (Wildman–Crippen MR) is 89.8 cm³/mol. The van der Waals surface area contributed by atoms with Crippen LogP contribution in [0, 0.1) is 0 Å². The molecule has 1 aromatic heterocycles. The molecule has 7 nitrogen and oxygen atoms in total. The number of benzene rings is 1. The van der Waals surface area contributed by atoms with E-state index in [1.54, 1.807) is 13.8 Å². The molecular weight excluding hydrogens is 365 g/mol. The number of hydrogen-bond donors (Lipinski definition) is 1. The first-order chi connectivity index (χ1) is 12.5. The van der Waals surface area contributed by atoms with Crippen LogP contribution in [-0.4, -0.2) is 41.6 Å². The van der Waals surface area contributed by atoms with Crippen molar-refractivity contribution in [2.24, 2.45) is 0 Å². The molecule has 0 aliphatic carbocycles. The molecule has 2 aromatic rings. The van der Waals surface area contributed by atoms with Crippen molar-refractivity contribution >= 4 is 5.91 Å². The van der Waals surface area contributed by atoms with E-state index in [4.69, 9.17) is 9.26 Å². The summed E-state index contributed by atoms with van der Waals surface area (Å²) in [5.74, 6) is 0.406. The van der Waals surface area contributed by atoms with Crippen LogP contribution in [0.15, 0.2) is 28.8 Å². The third kappa shape index (κ3) is 5.95. The maximum atomic E-state index is 12.5. The highest BCUT2D eigenvalue weighted by molar-refractivity contribution is 5.78. The number of carbonyl (C=O) groups is 1. The van der Waals surface area contributed by atoms with Crippen LogP contribution in [0.2, 0.25) is 0 Å². The summed E-state index contributed by atoms with van der Waals surface area (Å²) < 4.78 is 47.9. The van der Waals surface area contributed by atoms with Crippen molar-refractivity contribution < 1.29 is 27.2 Å². The quantitative estimate of drug-likeness (QED) is 0.788. The zero-order chi connectivity index (χ0) is 20.2. The maximum Gasteiger partial charge on any atom is 0.416 e. The molecule has 0 spiro atoms. The van der Waals surface area contributed by atoms with Gasteiger partial charge < -0.3 is 19.5 Å². The third-order valence-corrected chi connectivity index (χ3v) is 3.48. The summed E-state index contributed by atoms with van der Waals surface area (Å²) in [6.45, 7) is 3.51. The van der Waals surface area contributed by atoms with Crippen LogP contribution in [-0.2, 0) is 23.1 Å². The highest BCUT2D eigenvalue weighted by Crippen LogP contribution is 2.30.